The van der Waals surface area contributed by atoms with E-state index in [2.05, 4.69) is 6.07 Å². The van der Waals surface area contributed by atoms with E-state index in [0.29, 0.717) is 62.3 Å². The van der Waals surface area contributed by atoms with Crippen LogP contribution in [0, 0.1) is 23.1 Å². The molecule has 3 aromatic carbocycles. The third-order valence-corrected chi connectivity index (χ3v) is 8.26. The predicted molar refractivity (Wildman–Crippen MR) is 139 cm³/mol. The smallest absolute Gasteiger partial charge is 0.256 e. The number of carbonyl (C=O) groups excluding carboxylic acids is 2. The zero-order valence-corrected chi connectivity index (χ0v) is 20.7. The lowest BCUT2D eigenvalue weighted by molar-refractivity contribution is -0.149. The molecule has 0 radical (unpaired) electrons. The zero-order chi connectivity index (χ0) is 26.2. The molecule has 2 saturated carbocycles. The van der Waals surface area contributed by atoms with Crippen molar-refractivity contribution in [2.24, 2.45) is 10.9 Å². The number of benzene rings is 3. The third-order valence-electron chi connectivity index (χ3n) is 8.26. The summed E-state index contributed by atoms with van der Waals surface area (Å²) in [6.45, 7) is 1.32. The highest BCUT2D eigenvalue weighted by molar-refractivity contribution is 6.16. The Morgan fingerprint density at radius 1 is 1.03 bits per heavy atom. The number of aliphatic imine (C=N–C) groups is 1. The first-order valence-corrected chi connectivity index (χ1v) is 13.0. The second-order valence-corrected chi connectivity index (χ2v) is 11.1. The fraction of sp³-hybridized carbons (Fsp3) is 0.333. The third kappa shape index (κ3) is 3.61. The van der Waals surface area contributed by atoms with E-state index in [0.717, 1.165) is 16.3 Å². The molecule has 8 heteroatoms. The summed E-state index contributed by atoms with van der Waals surface area (Å²) in [4.78, 5) is 33.6. The maximum absolute atomic E-state index is 15.6. The Balaban J connectivity index is 1.14. The monoisotopic (exact) mass is 508 g/mol. The molecule has 2 aliphatic carbocycles. The maximum Gasteiger partial charge on any atom is 0.256 e. The predicted octanol–water partition coefficient (Wildman–Crippen LogP) is 3.62. The number of nitrogens with zero attached hydrogens (tertiary/aromatic N) is 4. The lowest BCUT2D eigenvalue weighted by Gasteiger charge is -2.42. The Labute approximate surface area is 218 Å². The van der Waals surface area contributed by atoms with Crippen molar-refractivity contribution in [3.63, 3.8) is 0 Å². The number of amidine groups is 1. The van der Waals surface area contributed by atoms with Gasteiger partial charge in [0.15, 0.2) is 0 Å². The van der Waals surface area contributed by atoms with Gasteiger partial charge >= 0.3 is 0 Å². The van der Waals surface area contributed by atoms with Gasteiger partial charge in [0.25, 0.3) is 11.8 Å². The van der Waals surface area contributed by atoms with Gasteiger partial charge in [0.05, 0.1) is 17.2 Å². The Morgan fingerprint density at radius 2 is 1.74 bits per heavy atom. The van der Waals surface area contributed by atoms with Crippen molar-refractivity contribution in [3.8, 4) is 17.2 Å². The largest absolute Gasteiger partial charge is 0.380 e. The summed E-state index contributed by atoms with van der Waals surface area (Å²) >= 11 is 0. The van der Waals surface area contributed by atoms with Gasteiger partial charge in [-0.25, -0.2) is 4.39 Å². The van der Waals surface area contributed by atoms with E-state index in [9.17, 15) is 20.0 Å². The molecule has 0 aromatic heterocycles. The van der Waals surface area contributed by atoms with E-state index < -0.39 is 17.0 Å². The van der Waals surface area contributed by atoms with Gasteiger partial charge in [-0.15, -0.1) is 0 Å². The van der Waals surface area contributed by atoms with Crippen LogP contribution in [0.15, 0.2) is 59.6 Å². The lowest BCUT2D eigenvalue weighted by Crippen LogP contribution is -2.57. The number of hydrogen-bond donors (Lipinski definition) is 1. The van der Waals surface area contributed by atoms with Crippen molar-refractivity contribution >= 4 is 28.4 Å². The van der Waals surface area contributed by atoms with E-state index in [1.165, 1.54) is 6.07 Å². The average Bonchev–Trinajstić information content (AvgIpc) is 3.82. The maximum atomic E-state index is 15.6. The highest BCUT2D eigenvalue weighted by atomic mass is 19.1. The Hall–Kier alpha value is -4.09. The molecule has 38 heavy (non-hydrogen) atoms. The number of fused-ring (bicyclic) bond motifs is 1. The molecule has 0 atom stereocenters. The molecule has 1 spiro atoms. The topological polar surface area (TPSA) is 97.0 Å². The van der Waals surface area contributed by atoms with Crippen molar-refractivity contribution < 1.29 is 19.1 Å². The zero-order valence-electron chi connectivity index (χ0n) is 20.7. The number of halogens is 1. The van der Waals surface area contributed by atoms with Gasteiger partial charge in [-0.1, -0.05) is 24.3 Å². The van der Waals surface area contributed by atoms with Gasteiger partial charge in [-0.05, 0) is 77.9 Å². The van der Waals surface area contributed by atoms with Gasteiger partial charge in [0, 0.05) is 25.6 Å². The van der Waals surface area contributed by atoms with Crippen LogP contribution in [0.2, 0.25) is 0 Å². The van der Waals surface area contributed by atoms with E-state index in [1.807, 2.05) is 36.4 Å². The van der Waals surface area contributed by atoms with Crippen molar-refractivity contribution in [2.75, 3.05) is 19.6 Å². The summed E-state index contributed by atoms with van der Waals surface area (Å²) in [6, 6.07) is 18.4. The second kappa shape index (κ2) is 7.95. The van der Waals surface area contributed by atoms with Gasteiger partial charge in [0.1, 0.15) is 22.8 Å². The summed E-state index contributed by atoms with van der Waals surface area (Å²) in [5.41, 5.74) is 0.426. The highest BCUT2D eigenvalue weighted by Gasteiger charge is 2.58. The molecule has 0 bridgehead atoms. The molecule has 3 aromatic rings. The van der Waals surface area contributed by atoms with Crippen molar-refractivity contribution in [1.29, 1.82) is 5.26 Å². The minimum Gasteiger partial charge on any atom is -0.380 e. The van der Waals surface area contributed by atoms with Gasteiger partial charge in [0.2, 0.25) is 0 Å². The van der Waals surface area contributed by atoms with Crippen LogP contribution in [0.25, 0.3) is 21.9 Å². The minimum absolute atomic E-state index is 0.0579. The van der Waals surface area contributed by atoms with Crippen LogP contribution in [-0.4, -0.2) is 63.3 Å². The number of likely N-dealkylation sites (tertiary alicyclic amines) is 1. The second-order valence-electron chi connectivity index (χ2n) is 11.1. The van der Waals surface area contributed by atoms with Crippen molar-refractivity contribution in [2.45, 2.75) is 36.8 Å². The number of aliphatic hydroxyl groups is 1. The Morgan fingerprint density at radius 3 is 2.42 bits per heavy atom. The van der Waals surface area contributed by atoms with E-state index in [-0.39, 0.29) is 23.3 Å². The number of amides is 2. The first-order chi connectivity index (χ1) is 18.3. The number of hydrogen-bond acceptors (Lipinski definition) is 5. The first kappa shape index (κ1) is 23.1. The van der Waals surface area contributed by atoms with Crippen LogP contribution in [0.1, 0.15) is 36.8 Å². The van der Waals surface area contributed by atoms with Gasteiger partial charge in [-0.3, -0.25) is 19.5 Å². The molecule has 7 nitrogen and oxygen atoms in total. The molecule has 2 amide bonds. The van der Waals surface area contributed by atoms with Gasteiger partial charge in [-0.2, -0.15) is 5.26 Å². The summed E-state index contributed by atoms with van der Waals surface area (Å²) in [5, 5.41) is 21.2. The fourth-order valence-corrected chi connectivity index (χ4v) is 5.59. The van der Waals surface area contributed by atoms with E-state index in [4.69, 9.17) is 4.99 Å². The van der Waals surface area contributed by atoms with Crippen LogP contribution >= 0.6 is 0 Å². The average molecular weight is 509 g/mol. The Kier molecular flexibility index (Phi) is 4.83. The van der Waals surface area contributed by atoms with Crippen LogP contribution in [0.5, 0.6) is 0 Å². The quantitative estimate of drug-likeness (QED) is 0.569. The molecule has 2 heterocycles. The molecule has 3 fully saturated rings. The van der Waals surface area contributed by atoms with Crippen LogP contribution in [0.4, 0.5) is 4.39 Å². The molecule has 7 rings (SSSR count). The normalized spacial score (nSPS) is 20.9. The summed E-state index contributed by atoms with van der Waals surface area (Å²) in [6.07, 6.45) is 2.34. The van der Waals surface area contributed by atoms with Crippen LogP contribution in [-0.2, 0) is 9.59 Å². The number of rotatable bonds is 5. The van der Waals surface area contributed by atoms with E-state index >= 15 is 4.39 Å². The van der Waals surface area contributed by atoms with E-state index in [1.54, 1.807) is 21.9 Å². The van der Waals surface area contributed by atoms with Gasteiger partial charge < -0.3 is 10.0 Å². The standard InChI is InChI=1S/C30H25FN4O3/c31-25-13-22(21-4-3-20-2-1-18(14-32)11-23(20)12-21)5-6-24(25)26-33-29(7-8-29)27(36)35(26)17-19-15-34(16-19)28(37)30(38)9-10-30/h1-6,11-13,19,38H,7-10,15-17H2. The molecule has 190 valence electrons. The minimum atomic E-state index is -1.19. The molecular formula is C30H25FN4O3. The first-order valence-electron chi connectivity index (χ1n) is 13.0. The van der Waals surface area contributed by atoms with Crippen molar-refractivity contribution in [1.82, 2.24) is 9.80 Å². The van der Waals surface area contributed by atoms with Crippen LogP contribution in [0.3, 0.4) is 0 Å². The van der Waals surface area contributed by atoms with Crippen LogP contribution < -0.4 is 0 Å². The highest BCUT2D eigenvalue weighted by Crippen LogP contribution is 2.47. The van der Waals surface area contributed by atoms with Crippen molar-refractivity contribution in [3.05, 3.63) is 71.5 Å². The molecule has 4 aliphatic rings. The fourth-order valence-electron chi connectivity index (χ4n) is 5.59. The lowest BCUT2D eigenvalue weighted by atomic mass is 9.97. The number of carbonyl (C=O) groups is 2. The molecule has 0 unspecified atom stereocenters. The summed E-state index contributed by atoms with van der Waals surface area (Å²) in [5.74, 6) is -0.358. The number of nitriles is 1. The summed E-state index contributed by atoms with van der Waals surface area (Å²) in [7, 11) is 0. The molecule has 2 aliphatic heterocycles. The SMILES string of the molecule is N#Cc1ccc2ccc(-c3ccc(C4=NC5(CC5)C(=O)N4CC4CN(C(=O)C5(O)CC5)C4)c(F)c3)cc2c1. The molecule has 1 N–H and O–H groups in total. The molecular weight excluding hydrogens is 483 g/mol. The molecule has 1 saturated heterocycles. The Bertz CT molecular complexity index is 1610. The summed E-state index contributed by atoms with van der Waals surface area (Å²) < 4.78 is 15.6.